The molecule has 7 nitrogen and oxygen atoms in total. The molecular formula is C18H23N5O2. The third-order valence-electron chi connectivity index (χ3n) is 4.96. The van der Waals surface area contributed by atoms with Crippen LogP contribution in [0.15, 0.2) is 24.5 Å². The van der Waals surface area contributed by atoms with E-state index in [1.165, 1.54) is 19.3 Å². The van der Waals surface area contributed by atoms with Crippen molar-refractivity contribution in [2.75, 3.05) is 36.5 Å². The summed E-state index contributed by atoms with van der Waals surface area (Å²) in [5.74, 6) is 0.576. The Bertz CT molecular complexity index is 715. The number of amides is 1. The van der Waals surface area contributed by atoms with Crippen molar-refractivity contribution in [1.29, 1.82) is 0 Å². The summed E-state index contributed by atoms with van der Waals surface area (Å²) in [6.45, 7) is 3.51. The van der Waals surface area contributed by atoms with Crippen molar-refractivity contribution in [2.24, 2.45) is 0 Å². The maximum atomic E-state index is 12.6. The normalized spacial score (nSPS) is 20.6. The number of ether oxygens (including phenoxy) is 1. The summed E-state index contributed by atoms with van der Waals surface area (Å²) < 4.78 is 5.41. The third-order valence-corrected chi connectivity index (χ3v) is 4.96. The standard InChI is InChI=1S/C18H23N5O2/c24-18(15-11-20-22-17(15)13-6-9-25-12-13)21-16-5-4-14(10-19-16)23-7-2-1-3-8-23/h4-5,10-11,13H,1-3,6-9,12H2,(H,20,22)(H,19,21,24). The molecule has 7 heteroatoms. The van der Waals surface area contributed by atoms with Crippen LogP contribution in [-0.4, -0.2) is 47.4 Å². The minimum atomic E-state index is -0.186. The first-order valence-electron chi connectivity index (χ1n) is 8.94. The van der Waals surface area contributed by atoms with Gasteiger partial charge in [0.1, 0.15) is 5.82 Å². The van der Waals surface area contributed by atoms with E-state index in [0.29, 0.717) is 18.0 Å². The van der Waals surface area contributed by atoms with Gasteiger partial charge in [-0.3, -0.25) is 9.89 Å². The van der Waals surface area contributed by atoms with Crippen LogP contribution in [0.5, 0.6) is 0 Å². The molecule has 2 aromatic rings. The lowest BCUT2D eigenvalue weighted by atomic mass is 10.0. The van der Waals surface area contributed by atoms with Gasteiger partial charge in [0.15, 0.2) is 0 Å². The number of hydrogen-bond acceptors (Lipinski definition) is 5. The Hall–Kier alpha value is -2.41. The maximum absolute atomic E-state index is 12.6. The molecule has 25 heavy (non-hydrogen) atoms. The predicted molar refractivity (Wildman–Crippen MR) is 95.0 cm³/mol. The molecular weight excluding hydrogens is 318 g/mol. The topological polar surface area (TPSA) is 83.1 Å². The molecule has 2 aromatic heterocycles. The highest BCUT2D eigenvalue weighted by molar-refractivity contribution is 6.04. The molecule has 1 amide bonds. The van der Waals surface area contributed by atoms with Gasteiger partial charge < -0.3 is 15.0 Å². The predicted octanol–water partition coefficient (Wildman–Crippen LogP) is 2.55. The number of anilines is 2. The largest absolute Gasteiger partial charge is 0.381 e. The van der Waals surface area contributed by atoms with Gasteiger partial charge >= 0.3 is 0 Å². The molecule has 2 aliphatic heterocycles. The number of hydrogen-bond donors (Lipinski definition) is 2. The molecule has 1 unspecified atom stereocenters. The van der Waals surface area contributed by atoms with Crippen LogP contribution in [0.25, 0.3) is 0 Å². The van der Waals surface area contributed by atoms with E-state index < -0.39 is 0 Å². The minimum Gasteiger partial charge on any atom is -0.381 e. The number of pyridine rings is 1. The number of carbonyl (C=O) groups is 1. The van der Waals surface area contributed by atoms with E-state index in [0.717, 1.165) is 37.5 Å². The molecule has 0 spiro atoms. The zero-order valence-corrected chi connectivity index (χ0v) is 14.2. The number of rotatable bonds is 4. The maximum Gasteiger partial charge on any atom is 0.260 e. The molecule has 132 valence electrons. The van der Waals surface area contributed by atoms with Crippen LogP contribution in [0.4, 0.5) is 11.5 Å². The van der Waals surface area contributed by atoms with Gasteiger partial charge in [-0.05, 0) is 37.8 Å². The number of nitrogens with zero attached hydrogens (tertiary/aromatic N) is 3. The third kappa shape index (κ3) is 3.51. The number of aromatic nitrogens is 3. The molecule has 0 radical (unpaired) electrons. The molecule has 2 aliphatic rings. The highest BCUT2D eigenvalue weighted by Crippen LogP contribution is 2.26. The Morgan fingerprint density at radius 1 is 1.24 bits per heavy atom. The zero-order chi connectivity index (χ0) is 17.1. The van der Waals surface area contributed by atoms with Gasteiger partial charge in [0, 0.05) is 25.6 Å². The lowest BCUT2D eigenvalue weighted by molar-refractivity contribution is 0.102. The SMILES string of the molecule is O=C(Nc1ccc(N2CCCCC2)cn1)c1cn[nH]c1C1CCOC1. The van der Waals surface area contributed by atoms with Crippen molar-refractivity contribution in [3.63, 3.8) is 0 Å². The monoisotopic (exact) mass is 341 g/mol. The first kappa shape index (κ1) is 16.1. The summed E-state index contributed by atoms with van der Waals surface area (Å²) >= 11 is 0. The second kappa shape index (κ2) is 7.23. The lowest BCUT2D eigenvalue weighted by Crippen LogP contribution is -2.29. The van der Waals surface area contributed by atoms with Gasteiger partial charge in [0.2, 0.25) is 0 Å². The van der Waals surface area contributed by atoms with Crippen LogP contribution in [-0.2, 0) is 4.74 Å². The number of nitrogens with one attached hydrogen (secondary N) is 2. The summed E-state index contributed by atoms with van der Waals surface area (Å²) in [6.07, 6.45) is 8.08. The molecule has 0 aromatic carbocycles. The highest BCUT2D eigenvalue weighted by atomic mass is 16.5. The fourth-order valence-electron chi connectivity index (χ4n) is 3.53. The molecule has 1 atom stereocenters. The Labute approximate surface area is 146 Å². The zero-order valence-electron chi connectivity index (χ0n) is 14.2. The Morgan fingerprint density at radius 3 is 2.84 bits per heavy atom. The van der Waals surface area contributed by atoms with Crippen molar-refractivity contribution < 1.29 is 9.53 Å². The first-order chi connectivity index (χ1) is 12.3. The minimum absolute atomic E-state index is 0.186. The smallest absolute Gasteiger partial charge is 0.260 e. The van der Waals surface area contributed by atoms with Gasteiger partial charge in [0.25, 0.3) is 5.91 Å². The Morgan fingerprint density at radius 2 is 2.12 bits per heavy atom. The first-order valence-corrected chi connectivity index (χ1v) is 8.94. The van der Waals surface area contributed by atoms with Crippen molar-refractivity contribution in [1.82, 2.24) is 15.2 Å². The van der Waals surface area contributed by atoms with E-state index in [1.54, 1.807) is 6.20 Å². The number of H-pyrrole nitrogens is 1. The summed E-state index contributed by atoms with van der Waals surface area (Å²) in [5, 5.41) is 9.85. The number of piperidine rings is 1. The molecule has 0 bridgehead atoms. The van der Waals surface area contributed by atoms with Crippen LogP contribution >= 0.6 is 0 Å². The summed E-state index contributed by atoms with van der Waals surface area (Å²) in [7, 11) is 0. The van der Waals surface area contributed by atoms with Crippen molar-refractivity contribution in [3.05, 3.63) is 35.8 Å². The van der Waals surface area contributed by atoms with E-state index in [-0.39, 0.29) is 11.8 Å². The van der Waals surface area contributed by atoms with Gasteiger partial charge in [-0.15, -0.1) is 0 Å². The van der Waals surface area contributed by atoms with E-state index in [2.05, 4.69) is 25.4 Å². The molecule has 2 fully saturated rings. The summed E-state index contributed by atoms with van der Waals surface area (Å²) in [4.78, 5) is 19.3. The number of aromatic amines is 1. The fourth-order valence-corrected chi connectivity index (χ4v) is 3.53. The van der Waals surface area contributed by atoms with Crippen molar-refractivity contribution in [3.8, 4) is 0 Å². The van der Waals surface area contributed by atoms with Crippen LogP contribution in [0.3, 0.4) is 0 Å². The van der Waals surface area contributed by atoms with Gasteiger partial charge in [-0.1, -0.05) is 0 Å². The van der Waals surface area contributed by atoms with E-state index in [9.17, 15) is 4.79 Å². The highest BCUT2D eigenvalue weighted by Gasteiger charge is 2.25. The molecule has 0 saturated carbocycles. The van der Waals surface area contributed by atoms with Crippen LogP contribution in [0.2, 0.25) is 0 Å². The fraction of sp³-hybridized carbons (Fsp3) is 0.500. The van der Waals surface area contributed by atoms with Crippen LogP contribution in [0, 0.1) is 0 Å². The van der Waals surface area contributed by atoms with Gasteiger partial charge in [0.05, 0.1) is 35.9 Å². The number of carbonyl (C=O) groups excluding carboxylic acids is 1. The van der Waals surface area contributed by atoms with Crippen molar-refractivity contribution >= 4 is 17.4 Å². The molecule has 4 rings (SSSR count). The summed E-state index contributed by atoms with van der Waals surface area (Å²) in [6, 6.07) is 3.88. The second-order valence-electron chi connectivity index (χ2n) is 6.66. The van der Waals surface area contributed by atoms with Crippen molar-refractivity contribution in [2.45, 2.75) is 31.6 Å². The summed E-state index contributed by atoms with van der Waals surface area (Å²) in [5.41, 5.74) is 2.53. The molecule has 2 N–H and O–H groups in total. The van der Waals surface area contributed by atoms with Gasteiger partial charge in [-0.2, -0.15) is 5.10 Å². The second-order valence-corrected chi connectivity index (χ2v) is 6.66. The van der Waals surface area contributed by atoms with E-state index in [1.807, 2.05) is 18.3 Å². The van der Waals surface area contributed by atoms with Crippen LogP contribution in [0.1, 0.15) is 47.7 Å². The van der Waals surface area contributed by atoms with E-state index >= 15 is 0 Å². The Kier molecular flexibility index (Phi) is 4.65. The van der Waals surface area contributed by atoms with E-state index in [4.69, 9.17) is 4.74 Å². The average Bonchev–Trinajstić information content (AvgIpc) is 3.34. The lowest BCUT2D eigenvalue weighted by Gasteiger charge is -2.28. The molecule has 4 heterocycles. The Balaban J connectivity index is 1.43. The van der Waals surface area contributed by atoms with Crippen LogP contribution < -0.4 is 10.2 Å². The molecule has 2 saturated heterocycles. The van der Waals surface area contributed by atoms with Gasteiger partial charge in [-0.25, -0.2) is 4.98 Å². The average molecular weight is 341 g/mol. The molecule has 0 aliphatic carbocycles. The quantitative estimate of drug-likeness (QED) is 0.893.